The molecule has 0 radical (unpaired) electrons. The highest BCUT2D eigenvalue weighted by atomic mass is 31.2. The van der Waals surface area contributed by atoms with Crippen LogP contribution in [-0.4, -0.2) is 95.9 Å². The summed E-state index contributed by atoms with van der Waals surface area (Å²) >= 11 is 0. The second kappa shape index (κ2) is 73.7. The molecule has 0 aliphatic rings. The first-order valence-electron chi connectivity index (χ1n) is 38.8. The maximum atomic E-state index is 12.9. The third-order valence-electron chi connectivity index (χ3n) is 16.2. The minimum Gasteiger partial charge on any atom is -0.463 e. The minimum absolute atomic E-state index is 0.103. The molecule has 0 aliphatic heterocycles. The molecule has 0 spiro atoms. The number of aliphatic hydroxyl groups excluding tert-OH is 2. The Morgan fingerprint density at radius 2 is 0.535 bits per heavy atom. The lowest BCUT2D eigenvalue weighted by atomic mass is 10.0. The Kier molecular flexibility index (Phi) is 70.7. The van der Waals surface area contributed by atoms with E-state index in [2.05, 4.69) is 142 Å². The molecule has 4 N–H and O–H groups in total. The van der Waals surface area contributed by atoms with Crippen molar-refractivity contribution in [3.8, 4) is 0 Å². The number of hydrogen-bond donors (Lipinski definition) is 4. The van der Waals surface area contributed by atoms with Gasteiger partial charge in [0.1, 0.15) is 25.4 Å². The van der Waals surface area contributed by atoms with Crippen LogP contribution in [0.3, 0.4) is 0 Å². The molecule has 0 saturated carbocycles. The van der Waals surface area contributed by atoms with Crippen LogP contribution in [0.4, 0.5) is 0 Å². The van der Waals surface area contributed by atoms with Gasteiger partial charge in [-0.25, -0.2) is 9.13 Å². The Hall–Kier alpha value is -4.05. The third kappa shape index (κ3) is 74.9. The van der Waals surface area contributed by atoms with Crippen LogP contribution >= 0.6 is 15.6 Å². The predicted molar refractivity (Wildman–Crippen MR) is 408 cm³/mol. The number of phosphoric acid groups is 2. The molecule has 18 heteroatoms. The molecule has 0 aromatic carbocycles. The van der Waals surface area contributed by atoms with Gasteiger partial charge in [0.15, 0.2) is 6.10 Å². The molecule has 0 amide bonds. The van der Waals surface area contributed by atoms with E-state index in [-0.39, 0.29) is 19.3 Å². The Balaban J connectivity index is 4.37. The Morgan fingerprint density at radius 1 is 0.293 bits per heavy atom. The van der Waals surface area contributed by atoms with Gasteiger partial charge in [-0.3, -0.25) is 32.5 Å². The fourth-order valence-corrected chi connectivity index (χ4v) is 11.9. The maximum Gasteiger partial charge on any atom is 0.472 e. The van der Waals surface area contributed by atoms with Crippen LogP contribution in [0.25, 0.3) is 0 Å². The van der Waals surface area contributed by atoms with Crippen molar-refractivity contribution in [3.05, 3.63) is 122 Å². The number of carbonyl (C=O) groups excluding carboxylic acids is 3. The molecule has 0 aromatic heterocycles. The Labute approximate surface area is 602 Å². The van der Waals surface area contributed by atoms with Crippen LogP contribution < -0.4 is 0 Å². The molecule has 0 fully saturated rings. The summed E-state index contributed by atoms with van der Waals surface area (Å²) in [6.45, 7) is 2.44. The van der Waals surface area contributed by atoms with Gasteiger partial charge in [0.05, 0.1) is 26.4 Å². The molecular weight excluding hydrogens is 1290 g/mol. The third-order valence-corrected chi connectivity index (χ3v) is 18.1. The average molecular weight is 1430 g/mol. The van der Waals surface area contributed by atoms with E-state index in [1.54, 1.807) is 0 Å². The van der Waals surface area contributed by atoms with Crippen molar-refractivity contribution in [1.82, 2.24) is 0 Å². The first kappa shape index (κ1) is 94.9. The molecule has 0 rings (SSSR count). The van der Waals surface area contributed by atoms with E-state index < -0.39 is 91.5 Å². The number of hydrogen-bond acceptors (Lipinski definition) is 14. The van der Waals surface area contributed by atoms with Crippen LogP contribution in [0.2, 0.25) is 0 Å². The summed E-state index contributed by atoms with van der Waals surface area (Å²) in [4.78, 5) is 58.5. The van der Waals surface area contributed by atoms with Crippen molar-refractivity contribution in [2.75, 3.05) is 39.6 Å². The SMILES string of the molecule is CC/C=C\C/C=C\C/C=C\C/C=C\C/C=C\C/C=C\CCCCCCCCCCCCCCCCC(=O)OCC(O)COP(=O)(O)OCC(O)COP(=O)(O)OCC(COC(=O)CCCCCCCC/C=C\C/C=C\C/C=C\C/C=C\CC)OC(=O)CCCCCCCCCCCCC. The van der Waals surface area contributed by atoms with Crippen molar-refractivity contribution in [1.29, 1.82) is 0 Å². The molecule has 0 heterocycles. The van der Waals surface area contributed by atoms with E-state index in [1.165, 1.54) is 103 Å². The summed E-state index contributed by atoms with van der Waals surface area (Å²) in [5.74, 6) is -1.58. The monoisotopic (exact) mass is 1430 g/mol. The zero-order chi connectivity index (χ0) is 72.3. The molecule has 5 unspecified atom stereocenters. The van der Waals surface area contributed by atoms with Gasteiger partial charge in [-0.05, 0) is 109 Å². The van der Waals surface area contributed by atoms with E-state index in [4.69, 9.17) is 32.3 Å². The summed E-state index contributed by atoms with van der Waals surface area (Å²) in [6, 6.07) is 0. The Morgan fingerprint density at radius 3 is 0.848 bits per heavy atom. The van der Waals surface area contributed by atoms with Gasteiger partial charge < -0.3 is 34.2 Å². The van der Waals surface area contributed by atoms with E-state index in [1.807, 2.05) is 0 Å². The van der Waals surface area contributed by atoms with Gasteiger partial charge in [0.2, 0.25) is 0 Å². The van der Waals surface area contributed by atoms with E-state index in [9.17, 15) is 43.5 Å². The van der Waals surface area contributed by atoms with E-state index in [0.717, 1.165) is 154 Å². The topological polar surface area (TPSA) is 231 Å². The normalized spacial score (nSPS) is 14.7. The zero-order valence-corrected chi connectivity index (χ0v) is 63.9. The van der Waals surface area contributed by atoms with Gasteiger partial charge in [-0.1, -0.05) is 309 Å². The largest absolute Gasteiger partial charge is 0.472 e. The first-order valence-corrected chi connectivity index (χ1v) is 41.8. The minimum atomic E-state index is -4.93. The lowest BCUT2D eigenvalue weighted by Crippen LogP contribution is -2.30. The second-order valence-electron chi connectivity index (χ2n) is 25.8. The van der Waals surface area contributed by atoms with E-state index >= 15 is 0 Å². The van der Waals surface area contributed by atoms with Crippen LogP contribution in [-0.2, 0) is 55.8 Å². The van der Waals surface area contributed by atoms with Crippen molar-refractivity contribution in [2.45, 2.75) is 334 Å². The Bertz CT molecular complexity index is 2290. The quantitative estimate of drug-likeness (QED) is 0.0146. The maximum absolute atomic E-state index is 12.9. The number of phosphoric ester groups is 2. The second-order valence-corrected chi connectivity index (χ2v) is 28.7. The highest BCUT2D eigenvalue weighted by Gasteiger charge is 2.29. The molecular formula is C81H140O16P2. The summed E-state index contributed by atoms with van der Waals surface area (Å²) in [6.07, 6.45) is 87.0. The van der Waals surface area contributed by atoms with Crippen LogP contribution in [0.5, 0.6) is 0 Å². The highest BCUT2D eigenvalue weighted by molar-refractivity contribution is 7.47. The standard InChI is InChI=1S/C81H140O16P2/c1-4-7-10-13-16-19-22-24-26-28-30-31-32-33-34-35-36-37-38-39-40-41-42-43-45-47-48-50-53-55-58-61-64-67-79(84)91-70-76(82)71-93-98(87,88)94-72-77(83)73-95-99(89,90)96-75-78(97-81(86)69-66-63-60-57-52-21-18-15-12-9-6-3)74-92-80(85)68-65-62-59-56-54-51-49-46-44-29-27-25-23-20-17-14-11-8-5-2/h7-8,10-11,16-17,19-20,24-27,30-31,33-34,36-37,44,46,76-78,82-83H,4-6,9,12-15,18,21-23,28-29,32,35,38-43,45,47-75H2,1-3H3,(H,87,88)(H,89,90)/b10-7-,11-8-,19-16-,20-17-,26-24-,27-25-,31-30-,34-33-,37-36-,46-44-. The number of carbonyl (C=O) groups is 3. The smallest absolute Gasteiger partial charge is 0.463 e. The zero-order valence-electron chi connectivity index (χ0n) is 62.1. The van der Waals surface area contributed by atoms with Gasteiger partial charge in [-0.2, -0.15) is 0 Å². The molecule has 16 nitrogen and oxygen atoms in total. The first-order chi connectivity index (χ1) is 48.2. The lowest BCUT2D eigenvalue weighted by Gasteiger charge is -2.21. The number of allylic oxidation sites excluding steroid dienone is 20. The summed E-state index contributed by atoms with van der Waals surface area (Å²) in [5, 5.41) is 20.6. The van der Waals surface area contributed by atoms with Gasteiger partial charge in [-0.15, -0.1) is 0 Å². The van der Waals surface area contributed by atoms with Crippen molar-refractivity contribution in [3.63, 3.8) is 0 Å². The number of rotatable bonds is 73. The van der Waals surface area contributed by atoms with Crippen molar-refractivity contribution in [2.24, 2.45) is 0 Å². The average Bonchev–Trinajstić information content (AvgIpc) is 1.28. The molecule has 570 valence electrons. The molecule has 0 aliphatic carbocycles. The molecule has 5 atom stereocenters. The summed E-state index contributed by atoms with van der Waals surface area (Å²) < 4.78 is 61.0. The van der Waals surface area contributed by atoms with Crippen molar-refractivity contribution < 1.29 is 75.8 Å². The van der Waals surface area contributed by atoms with Crippen LogP contribution in [0.15, 0.2) is 122 Å². The highest BCUT2D eigenvalue weighted by Crippen LogP contribution is 2.45. The fourth-order valence-electron chi connectivity index (χ4n) is 10.3. The van der Waals surface area contributed by atoms with Gasteiger partial charge in [0, 0.05) is 19.3 Å². The predicted octanol–water partition coefficient (Wildman–Crippen LogP) is 22.5. The molecule has 0 saturated heterocycles. The molecule has 0 bridgehead atoms. The summed E-state index contributed by atoms with van der Waals surface area (Å²) in [5.41, 5.74) is 0. The van der Waals surface area contributed by atoms with Crippen molar-refractivity contribution >= 4 is 33.6 Å². The van der Waals surface area contributed by atoms with Gasteiger partial charge >= 0.3 is 33.6 Å². The lowest BCUT2D eigenvalue weighted by molar-refractivity contribution is -0.161. The fraction of sp³-hybridized carbons (Fsp3) is 0.716. The van der Waals surface area contributed by atoms with Gasteiger partial charge in [0.25, 0.3) is 0 Å². The number of ether oxygens (including phenoxy) is 3. The molecule has 99 heavy (non-hydrogen) atoms. The van der Waals surface area contributed by atoms with Crippen LogP contribution in [0, 0.1) is 0 Å². The number of aliphatic hydroxyl groups is 2. The number of unbranched alkanes of at least 4 members (excludes halogenated alkanes) is 30. The van der Waals surface area contributed by atoms with E-state index in [0.29, 0.717) is 19.3 Å². The summed E-state index contributed by atoms with van der Waals surface area (Å²) in [7, 11) is -9.78. The molecule has 0 aromatic rings. The number of esters is 3. The van der Waals surface area contributed by atoms with Crippen LogP contribution in [0.1, 0.15) is 316 Å².